The van der Waals surface area contributed by atoms with Gasteiger partial charge in [0.25, 0.3) is 0 Å². The minimum Gasteiger partial charge on any atom is -0.396 e. The first kappa shape index (κ1) is 17.4. The molecule has 5 rings (SSSR count). The number of halogens is 2. The molecule has 1 aliphatic carbocycles. The zero-order chi connectivity index (χ0) is 20.2. The molecule has 0 spiro atoms. The molecule has 0 bridgehead atoms. The fourth-order valence-corrected chi connectivity index (χ4v) is 4.69. The lowest BCUT2D eigenvalue weighted by Crippen LogP contribution is -2.31. The predicted molar refractivity (Wildman–Crippen MR) is 112 cm³/mol. The average Bonchev–Trinajstić information content (AvgIpc) is 3.04. The molecule has 4 N–H and O–H groups in total. The Labute approximate surface area is 167 Å². The van der Waals surface area contributed by atoms with Crippen LogP contribution in [0.15, 0.2) is 84.9 Å². The first-order valence-electron chi connectivity index (χ1n) is 9.35. The summed E-state index contributed by atoms with van der Waals surface area (Å²) < 4.78 is 29.2. The van der Waals surface area contributed by atoms with Crippen LogP contribution in [0.3, 0.4) is 0 Å². The summed E-state index contributed by atoms with van der Waals surface area (Å²) in [6, 6.07) is 25.2. The Kier molecular flexibility index (Phi) is 3.71. The second kappa shape index (κ2) is 6.17. The quantitative estimate of drug-likeness (QED) is 0.395. The molecule has 1 aliphatic rings. The minimum absolute atomic E-state index is 0.0302. The topological polar surface area (TPSA) is 52.0 Å². The van der Waals surface area contributed by atoms with Gasteiger partial charge >= 0.3 is 0 Å². The Morgan fingerprint density at radius 3 is 1.31 bits per heavy atom. The molecule has 4 heteroatoms. The van der Waals surface area contributed by atoms with Gasteiger partial charge in [-0.15, -0.1) is 0 Å². The Bertz CT molecular complexity index is 1160. The van der Waals surface area contributed by atoms with Crippen LogP contribution in [0.25, 0.3) is 11.1 Å². The fraction of sp³-hybridized carbons (Fsp3) is 0.0400. The smallest absolute Gasteiger partial charge is 0.146 e. The Hall–Kier alpha value is -3.66. The zero-order valence-corrected chi connectivity index (χ0v) is 15.5. The van der Waals surface area contributed by atoms with Gasteiger partial charge in [0.2, 0.25) is 0 Å². The third-order valence-corrected chi connectivity index (χ3v) is 5.87. The van der Waals surface area contributed by atoms with Crippen molar-refractivity contribution in [1.29, 1.82) is 0 Å². The van der Waals surface area contributed by atoms with Crippen molar-refractivity contribution < 1.29 is 8.78 Å². The van der Waals surface area contributed by atoms with Crippen molar-refractivity contribution >= 4 is 11.4 Å². The minimum atomic E-state index is -1.02. The van der Waals surface area contributed by atoms with E-state index < -0.39 is 17.0 Å². The van der Waals surface area contributed by atoms with E-state index in [2.05, 4.69) is 0 Å². The molecule has 0 heterocycles. The number of hydrogen-bond acceptors (Lipinski definition) is 2. The van der Waals surface area contributed by atoms with Gasteiger partial charge in [-0.3, -0.25) is 0 Å². The third-order valence-electron chi connectivity index (χ3n) is 5.87. The normalized spacial score (nSPS) is 13.7. The maximum atomic E-state index is 14.6. The Morgan fingerprint density at radius 1 is 0.483 bits per heavy atom. The van der Waals surface area contributed by atoms with Gasteiger partial charge in [0.15, 0.2) is 0 Å². The molecule has 0 aromatic heterocycles. The summed E-state index contributed by atoms with van der Waals surface area (Å²) in [5.41, 5.74) is 16.5. The highest BCUT2D eigenvalue weighted by Crippen LogP contribution is 2.58. The van der Waals surface area contributed by atoms with E-state index in [0.717, 1.165) is 22.3 Å². The van der Waals surface area contributed by atoms with Crippen molar-refractivity contribution in [3.63, 3.8) is 0 Å². The van der Waals surface area contributed by atoms with Crippen LogP contribution in [0.4, 0.5) is 20.2 Å². The van der Waals surface area contributed by atoms with Crippen LogP contribution in [0.5, 0.6) is 0 Å². The van der Waals surface area contributed by atoms with Crippen molar-refractivity contribution in [2.24, 2.45) is 0 Å². The van der Waals surface area contributed by atoms with Gasteiger partial charge in [0.1, 0.15) is 11.6 Å². The van der Waals surface area contributed by atoms with E-state index in [4.69, 9.17) is 11.5 Å². The van der Waals surface area contributed by atoms with Crippen molar-refractivity contribution in [3.05, 3.63) is 119 Å². The van der Waals surface area contributed by atoms with Crippen molar-refractivity contribution in [3.8, 4) is 11.1 Å². The summed E-state index contributed by atoms with van der Waals surface area (Å²) >= 11 is 0. The highest BCUT2D eigenvalue weighted by Gasteiger charge is 2.48. The van der Waals surface area contributed by atoms with Crippen molar-refractivity contribution in [1.82, 2.24) is 0 Å². The summed E-state index contributed by atoms with van der Waals surface area (Å²) in [4.78, 5) is 0. The lowest BCUT2D eigenvalue weighted by Gasteiger charge is -2.35. The van der Waals surface area contributed by atoms with Crippen LogP contribution in [0.1, 0.15) is 22.3 Å². The number of anilines is 2. The van der Waals surface area contributed by atoms with Gasteiger partial charge in [-0.25, -0.2) is 8.78 Å². The molecule has 0 radical (unpaired) electrons. The van der Waals surface area contributed by atoms with E-state index in [1.165, 1.54) is 12.1 Å². The third kappa shape index (κ3) is 2.20. The number of fused-ring (bicyclic) bond motifs is 3. The first-order valence-corrected chi connectivity index (χ1v) is 9.35. The maximum absolute atomic E-state index is 14.6. The van der Waals surface area contributed by atoms with Crippen LogP contribution in [0, 0.1) is 11.6 Å². The predicted octanol–water partition coefficient (Wildman–Crippen LogP) is 5.49. The SMILES string of the molecule is Nc1c(F)cccc1C1(c2cccc(F)c2N)c2ccccc2-c2ccccc21. The average molecular weight is 384 g/mol. The van der Waals surface area contributed by atoms with Gasteiger partial charge in [-0.2, -0.15) is 0 Å². The summed E-state index contributed by atoms with van der Waals surface area (Å²) in [5, 5.41) is 0. The van der Waals surface area contributed by atoms with Crippen molar-refractivity contribution in [2.45, 2.75) is 5.41 Å². The molecule has 0 saturated heterocycles. The second-order valence-corrected chi connectivity index (χ2v) is 7.24. The van der Waals surface area contributed by atoms with Gasteiger partial charge < -0.3 is 11.5 Å². The highest BCUT2D eigenvalue weighted by atomic mass is 19.1. The number of nitrogen functional groups attached to an aromatic ring is 2. The molecule has 29 heavy (non-hydrogen) atoms. The number of nitrogens with two attached hydrogens (primary N) is 2. The molecule has 0 aliphatic heterocycles. The fourth-order valence-electron chi connectivity index (χ4n) is 4.69. The summed E-state index contributed by atoms with van der Waals surface area (Å²) in [6.45, 7) is 0. The molecule has 0 saturated carbocycles. The highest BCUT2D eigenvalue weighted by molar-refractivity contribution is 5.89. The number of hydrogen-bond donors (Lipinski definition) is 2. The molecular weight excluding hydrogens is 366 g/mol. The van der Waals surface area contributed by atoms with Gasteiger partial charge in [-0.05, 0) is 45.5 Å². The van der Waals surface area contributed by atoms with Crippen LogP contribution < -0.4 is 11.5 Å². The van der Waals surface area contributed by atoms with Gasteiger partial charge in [0, 0.05) is 0 Å². The van der Waals surface area contributed by atoms with E-state index in [0.29, 0.717) is 11.1 Å². The Balaban J connectivity index is 2.04. The Morgan fingerprint density at radius 2 is 0.862 bits per heavy atom. The van der Waals surface area contributed by atoms with Crippen LogP contribution in [-0.4, -0.2) is 0 Å². The lowest BCUT2D eigenvalue weighted by molar-refractivity contribution is 0.620. The van der Waals surface area contributed by atoms with Gasteiger partial charge in [-0.1, -0.05) is 72.8 Å². The monoisotopic (exact) mass is 384 g/mol. The molecular formula is C25H18F2N2. The molecule has 142 valence electrons. The molecule has 4 aromatic rings. The molecule has 4 aromatic carbocycles. The molecule has 0 unspecified atom stereocenters. The molecule has 0 fully saturated rings. The lowest BCUT2D eigenvalue weighted by atomic mass is 9.66. The standard InChI is InChI=1S/C25H18F2N2/c26-21-13-5-11-19(23(21)28)25(20-12-6-14-22(27)24(20)29)17-9-3-1-7-15(17)16-8-2-4-10-18(16)25/h1-14H,28-29H2. The number of benzene rings is 4. The van der Waals surface area contributed by atoms with Crippen LogP contribution in [-0.2, 0) is 5.41 Å². The van der Waals surface area contributed by atoms with E-state index in [-0.39, 0.29) is 11.4 Å². The van der Waals surface area contributed by atoms with E-state index >= 15 is 0 Å². The van der Waals surface area contributed by atoms with Crippen LogP contribution >= 0.6 is 0 Å². The van der Waals surface area contributed by atoms with Crippen molar-refractivity contribution in [2.75, 3.05) is 11.5 Å². The zero-order valence-electron chi connectivity index (χ0n) is 15.5. The van der Waals surface area contributed by atoms with E-state index in [9.17, 15) is 8.78 Å². The van der Waals surface area contributed by atoms with E-state index in [1.54, 1.807) is 24.3 Å². The largest absolute Gasteiger partial charge is 0.396 e. The van der Waals surface area contributed by atoms with E-state index in [1.807, 2.05) is 48.5 Å². The van der Waals surface area contributed by atoms with Crippen LogP contribution in [0.2, 0.25) is 0 Å². The number of para-hydroxylation sites is 2. The molecule has 0 atom stereocenters. The van der Waals surface area contributed by atoms with Gasteiger partial charge in [0.05, 0.1) is 16.8 Å². The summed E-state index contributed by atoms with van der Waals surface area (Å²) in [5.74, 6) is -1.03. The molecule has 0 amide bonds. The first-order chi connectivity index (χ1) is 14.1. The molecule has 2 nitrogen and oxygen atoms in total. The maximum Gasteiger partial charge on any atom is 0.146 e. The second-order valence-electron chi connectivity index (χ2n) is 7.24. The summed E-state index contributed by atoms with van der Waals surface area (Å²) in [7, 11) is 0. The number of rotatable bonds is 2. The summed E-state index contributed by atoms with van der Waals surface area (Å²) in [6.07, 6.45) is 0.